The lowest BCUT2D eigenvalue weighted by Crippen LogP contribution is -2.10. The van der Waals surface area contributed by atoms with Crippen LogP contribution < -0.4 is 0 Å². The van der Waals surface area contributed by atoms with E-state index in [1.807, 2.05) is 6.07 Å². The molecule has 0 saturated carbocycles. The molecule has 1 aromatic carbocycles. The van der Waals surface area contributed by atoms with E-state index in [4.69, 9.17) is 12.2 Å². The number of benzene rings is 1. The monoisotopic (exact) mass is 188 g/mol. The van der Waals surface area contributed by atoms with Gasteiger partial charge in [-0.05, 0) is 18.4 Å². The van der Waals surface area contributed by atoms with E-state index in [9.17, 15) is 0 Å². The molecule has 0 amide bonds. The zero-order valence-electron chi connectivity index (χ0n) is 7.44. The molecule has 1 aliphatic carbocycles. The number of rotatable bonds is 1. The molecule has 0 N–H and O–H groups in total. The fourth-order valence-electron chi connectivity index (χ4n) is 1.68. The first-order valence-corrected chi connectivity index (χ1v) is 5.03. The van der Waals surface area contributed by atoms with E-state index in [0.29, 0.717) is 5.92 Å². The van der Waals surface area contributed by atoms with E-state index in [2.05, 4.69) is 36.4 Å². The van der Waals surface area contributed by atoms with Crippen LogP contribution in [0.5, 0.6) is 0 Å². The van der Waals surface area contributed by atoms with Gasteiger partial charge in [-0.1, -0.05) is 54.7 Å². The minimum atomic E-state index is 0.380. The van der Waals surface area contributed by atoms with Gasteiger partial charge in [0.1, 0.15) is 0 Å². The maximum atomic E-state index is 5.36. The molecular formula is C12H12S. The summed E-state index contributed by atoms with van der Waals surface area (Å²) < 4.78 is 0. The summed E-state index contributed by atoms with van der Waals surface area (Å²) in [6.07, 6.45) is 6.63. The van der Waals surface area contributed by atoms with Gasteiger partial charge in [-0.3, -0.25) is 0 Å². The third kappa shape index (κ3) is 1.86. The summed E-state index contributed by atoms with van der Waals surface area (Å²) in [5.74, 6) is 0.380. The summed E-state index contributed by atoms with van der Waals surface area (Å²) in [6, 6.07) is 10.5. The number of hydrogen-bond acceptors (Lipinski definition) is 1. The van der Waals surface area contributed by atoms with Crippen LogP contribution in [0.4, 0.5) is 0 Å². The second kappa shape index (κ2) is 3.84. The average molecular weight is 188 g/mol. The molecule has 0 bridgehead atoms. The predicted molar refractivity (Wildman–Crippen MR) is 60.2 cm³/mol. The maximum absolute atomic E-state index is 5.36. The fourth-order valence-corrected chi connectivity index (χ4v) is 2.01. The highest BCUT2D eigenvalue weighted by Crippen LogP contribution is 2.25. The van der Waals surface area contributed by atoms with Crippen molar-refractivity contribution in [2.24, 2.45) is 0 Å². The molecule has 1 atom stereocenters. The lowest BCUT2D eigenvalue weighted by molar-refractivity contribution is 0.982. The molecule has 1 aromatic rings. The van der Waals surface area contributed by atoms with Crippen LogP contribution in [0.25, 0.3) is 0 Å². The highest BCUT2D eigenvalue weighted by atomic mass is 32.1. The summed E-state index contributed by atoms with van der Waals surface area (Å²) in [7, 11) is 0. The van der Waals surface area contributed by atoms with Gasteiger partial charge in [0.05, 0.1) is 0 Å². The molecule has 66 valence electrons. The topological polar surface area (TPSA) is 0 Å². The van der Waals surface area contributed by atoms with Crippen LogP contribution in [0.2, 0.25) is 0 Å². The van der Waals surface area contributed by atoms with Crippen molar-refractivity contribution in [1.82, 2.24) is 0 Å². The first-order chi connectivity index (χ1) is 6.38. The Bertz CT molecular complexity index is 324. The summed E-state index contributed by atoms with van der Waals surface area (Å²) in [5, 5.41) is 0. The third-order valence-electron chi connectivity index (χ3n) is 2.39. The Kier molecular flexibility index (Phi) is 2.55. The van der Waals surface area contributed by atoms with Gasteiger partial charge in [-0.15, -0.1) is 0 Å². The lowest BCUT2D eigenvalue weighted by Gasteiger charge is -2.17. The van der Waals surface area contributed by atoms with Crippen LogP contribution in [-0.2, 0) is 0 Å². The SMILES string of the molecule is S=C1CCC=CC1c1ccccc1. The van der Waals surface area contributed by atoms with Crippen molar-refractivity contribution in [3.8, 4) is 0 Å². The molecule has 2 rings (SSSR count). The van der Waals surface area contributed by atoms with Crippen LogP contribution in [-0.4, -0.2) is 4.86 Å². The average Bonchev–Trinajstić information content (AvgIpc) is 2.20. The van der Waals surface area contributed by atoms with Gasteiger partial charge >= 0.3 is 0 Å². The zero-order chi connectivity index (χ0) is 9.10. The Hall–Kier alpha value is -0.950. The van der Waals surface area contributed by atoms with Crippen molar-refractivity contribution in [3.63, 3.8) is 0 Å². The van der Waals surface area contributed by atoms with E-state index in [1.54, 1.807) is 0 Å². The molecule has 0 spiro atoms. The highest BCUT2D eigenvalue weighted by Gasteiger charge is 2.15. The third-order valence-corrected chi connectivity index (χ3v) is 2.85. The molecule has 1 heteroatoms. The molecule has 0 heterocycles. The van der Waals surface area contributed by atoms with Crippen LogP contribution in [0, 0.1) is 0 Å². The molecule has 0 aliphatic heterocycles. The van der Waals surface area contributed by atoms with E-state index < -0.39 is 0 Å². The van der Waals surface area contributed by atoms with Crippen LogP contribution in [0.1, 0.15) is 24.3 Å². The molecule has 0 fully saturated rings. The zero-order valence-corrected chi connectivity index (χ0v) is 8.26. The quantitative estimate of drug-likeness (QED) is 0.480. The summed E-state index contributed by atoms with van der Waals surface area (Å²) >= 11 is 5.36. The van der Waals surface area contributed by atoms with Gasteiger partial charge < -0.3 is 0 Å². The van der Waals surface area contributed by atoms with Crippen molar-refractivity contribution < 1.29 is 0 Å². The Morgan fingerprint density at radius 2 is 1.92 bits per heavy atom. The number of hydrogen-bond donors (Lipinski definition) is 0. The minimum absolute atomic E-state index is 0.380. The lowest BCUT2D eigenvalue weighted by atomic mass is 9.89. The van der Waals surface area contributed by atoms with Crippen molar-refractivity contribution in [3.05, 3.63) is 48.0 Å². The number of allylic oxidation sites excluding steroid dienone is 2. The smallest absolute Gasteiger partial charge is 0.0333 e. The first kappa shape index (κ1) is 8.64. The minimum Gasteiger partial charge on any atom is -0.0887 e. The molecule has 1 unspecified atom stereocenters. The van der Waals surface area contributed by atoms with Gasteiger partial charge in [0, 0.05) is 10.8 Å². The Morgan fingerprint density at radius 1 is 1.15 bits per heavy atom. The number of thiocarbonyl (C=S) groups is 1. The predicted octanol–water partition coefficient (Wildman–Crippen LogP) is 3.49. The van der Waals surface area contributed by atoms with E-state index in [0.717, 1.165) is 12.8 Å². The van der Waals surface area contributed by atoms with Crippen molar-refractivity contribution in [1.29, 1.82) is 0 Å². The summed E-state index contributed by atoms with van der Waals surface area (Å²) in [5.41, 5.74) is 1.32. The van der Waals surface area contributed by atoms with Gasteiger partial charge in [0.25, 0.3) is 0 Å². The van der Waals surface area contributed by atoms with Gasteiger partial charge in [0.15, 0.2) is 0 Å². The van der Waals surface area contributed by atoms with Crippen LogP contribution in [0.15, 0.2) is 42.5 Å². The van der Waals surface area contributed by atoms with Gasteiger partial charge in [-0.25, -0.2) is 0 Å². The fraction of sp³-hybridized carbons (Fsp3) is 0.250. The van der Waals surface area contributed by atoms with Crippen molar-refractivity contribution in [2.45, 2.75) is 18.8 Å². The normalized spacial score (nSPS) is 21.8. The molecule has 13 heavy (non-hydrogen) atoms. The largest absolute Gasteiger partial charge is 0.0887 e. The van der Waals surface area contributed by atoms with Crippen molar-refractivity contribution >= 4 is 17.1 Å². The second-order valence-electron chi connectivity index (χ2n) is 3.32. The Morgan fingerprint density at radius 3 is 2.62 bits per heavy atom. The van der Waals surface area contributed by atoms with E-state index in [-0.39, 0.29) is 0 Å². The van der Waals surface area contributed by atoms with Crippen molar-refractivity contribution in [2.75, 3.05) is 0 Å². The van der Waals surface area contributed by atoms with Gasteiger partial charge in [-0.2, -0.15) is 0 Å². The molecular weight excluding hydrogens is 176 g/mol. The van der Waals surface area contributed by atoms with E-state index in [1.165, 1.54) is 10.4 Å². The summed E-state index contributed by atoms with van der Waals surface area (Å²) in [6.45, 7) is 0. The second-order valence-corrected chi connectivity index (χ2v) is 3.85. The molecule has 0 saturated heterocycles. The van der Waals surface area contributed by atoms with E-state index >= 15 is 0 Å². The molecule has 1 aliphatic rings. The molecule has 0 nitrogen and oxygen atoms in total. The summed E-state index contributed by atoms with van der Waals surface area (Å²) in [4.78, 5) is 1.17. The maximum Gasteiger partial charge on any atom is 0.0333 e. The Balaban J connectivity index is 2.30. The van der Waals surface area contributed by atoms with Gasteiger partial charge in [0.2, 0.25) is 0 Å². The Labute approximate surface area is 84.3 Å². The molecule has 0 radical (unpaired) electrons. The van der Waals surface area contributed by atoms with Crippen LogP contribution in [0.3, 0.4) is 0 Å². The standard InChI is InChI=1S/C12H12S/c13-12-9-5-4-8-11(12)10-6-2-1-3-7-10/h1-4,6-8,11H,5,9H2. The first-order valence-electron chi connectivity index (χ1n) is 4.62. The highest BCUT2D eigenvalue weighted by molar-refractivity contribution is 7.80. The van der Waals surface area contributed by atoms with Crippen LogP contribution >= 0.6 is 12.2 Å². The molecule has 0 aromatic heterocycles.